The molecule has 9 heteroatoms. The fourth-order valence-corrected chi connectivity index (χ4v) is 5.49. The van der Waals surface area contributed by atoms with Crippen LogP contribution in [0.2, 0.25) is 0 Å². The van der Waals surface area contributed by atoms with Crippen molar-refractivity contribution in [1.82, 2.24) is 9.55 Å². The Morgan fingerprint density at radius 3 is 2.71 bits per heavy atom. The van der Waals surface area contributed by atoms with Crippen LogP contribution in [0.15, 0.2) is 41.5 Å². The molecular weight excluding hydrogens is 432 g/mol. The fraction of sp³-hybridized carbons (Fsp3) is 0.182. The van der Waals surface area contributed by atoms with Gasteiger partial charge in [0.25, 0.3) is 5.56 Å². The van der Waals surface area contributed by atoms with Crippen LogP contribution in [-0.4, -0.2) is 22.1 Å². The number of nitrogens with two attached hydrogens (primary N) is 1. The summed E-state index contributed by atoms with van der Waals surface area (Å²) in [6.45, 7) is 3.80. The zero-order valence-corrected chi connectivity index (χ0v) is 18.5. The Labute approximate surface area is 186 Å². The Kier molecular flexibility index (Phi) is 5.59. The number of nitrogen functional groups attached to an aromatic ring is 1. The second-order valence-corrected chi connectivity index (χ2v) is 8.81. The largest absolute Gasteiger partial charge is 0.462 e. The number of nitriles is 1. The smallest absolute Gasteiger partial charge is 0.348 e. The minimum absolute atomic E-state index is 0.00245. The van der Waals surface area contributed by atoms with Crippen molar-refractivity contribution in [3.63, 3.8) is 0 Å². The number of fused-ring (bicyclic) bond motifs is 1. The van der Waals surface area contributed by atoms with Crippen LogP contribution in [-0.2, 0) is 11.3 Å². The van der Waals surface area contributed by atoms with E-state index in [4.69, 9.17) is 10.5 Å². The molecule has 31 heavy (non-hydrogen) atoms. The Morgan fingerprint density at radius 1 is 1.29 bits per heavy atom. The van der Waals surface area contributed by atoms with Crippen molar-refractivity contribution in [2.75, 3.05) is 12.3 Å². The van der Waals surface area contributed by atoms with Gasteiger partial charge in [-0.15, -0.1) is 22.7 Å². The summed E-state index contributed by atoms with van der Waals surface area (Å²) in [4.78, 5) is 32.0. The van der Waals surface area contributed by atoms with Crippen molar-refractivity contribution >= 4 is 43.9 Å². The van der Waals surface area contributed by atoms with E-state index in [1.54, 1.807) is 6.92 Å². The molecule has 0 spiro atoms. The number of anilines is 1. The quantitative estimate of drug-likeness (QED) is 0.457. The Morgan fingerprint density at radius 2 is 2.03 bits per heavy atom. The number of nitrogens with zero attached hydrogens (tertiary/aromatic N) is 3. The predicted octanol–water partition coefficient (Wildman–Crippen LogP) is 4.17. The van der Waals surface area contributed by atoms with Crippen molar-refractivity contribution < 1.29 is 9.53 Å². The van der Waals surface area contributed by atoms with Crippen LogP contribution in [0.4, 0.5) is 5.00 Å². The molecule has 3 heterocycles. The first-order chi connectivity index (χ1) is 15.0. The third-order valence-corrected chi connectivity index (χ3v) is 7.18. The third kappa shape index (κ3) is 3.60. The van der Waals surface area contributed by atoms with Gasteiger partial charge in [-0.1, -0.05) is 30.3 Å². The molecule has 3 aromatic heterocycles. The predicted molar refractivity (Wildman–Crippen MR) is 123 cm³/mol. The van der Waals surface area contributed by atoms with E-state index in [9.17, 15) is 14.9 Å². The fourth-order valence-electron chi connectivity index (χ4n) is 3.43. The van der Waals surface area contributed by atoms with Gasteiger partial charge >= 0.3 is 5.97 Å². The summed E-state index contributed by atoms with van der Waals surface area (Å²) in [5.41, 5.74) is 8.16. The molecule has 7 nitrogen and oxygen atoms in total. The van der Waals surface area contributed by atoms with Crippen LogP contribution in [0.5, 0.6) is 0 Å². The number of ether oxygens (including phenoxy) is 1. The van der Waals surface area contributed by atoms with Crippen LogP contribution in [0.3, 0.4) is 0 Å². The van der Waals surface area contributed by atoms with Gasteiger partial charge in [0.1, 0.15) is 20.8 Å². The summed E-state index contributed by atoms with van der Waals surface area (Å²) in [6, 6.07) is 11.9. The lowest BCUT2D eigenvalue weighted by molar-refractivity contribution is 0.0531. The number of esters is 1. The van der Waals surface area contributed by atoms with Gasteiger partial charge in [0.05, 0.1) is 30.4 Å². The zero-order valence-electron chi connectivity index (χ0n) is 16.8. The molecule has 4 aromatic rings. The van der Waals surface area contributed by atoms with Gasteiger partial charge in [-0.25, -0.2) is 9.78 Å². The van der Waals surface area contributed by atoms with Gasteiger partial charge in [0, 0.05) is 10.4 Å². The second-order valence-electron chi connectivity index (χ2n) is 6.76. The Bertz CT molecular complexity index is 1390. The van der Waals surface area contributed by atoms with E-state index >= 15 is 0 Å². The lowest BCUT2D eigenvalue weighted by Gasteiger charge is -2.07. The molecule has 0 atom stereocenters. The van der Waals surface area contributed by atoms with Crippen LogP contribution >= 0.6 is 22.7 Å². The molecule has 0 radical (unpaired) electrons. The van der Waals surface area contributed by atoms with Gasteiger partial charge in [0.15, 0.2) is 0 Å². The lowest BCUT2D eigenvalue weighted by Crippen LogP contribution is -2.22. The molecular formula is C22H18N4O3S2. The zero-order chi connectivity index (χ0) is 22.1. The van der Waals surface area contributed by atoms with Gasteiger partial charge in [0.2, 0.25) is 0 Å². The number of aromatic nitrogens is 2. The first-order valence-electron chi connectivity index (χ1n) is 9.48. The summed E-state index contributed by atoms with van der Waals surface area (Å²) >= 11 is 2.46. The van der Waals surface area contributed by atoms with Gasteiger partial charge in [-0.2, -0.15) is 5.26 Å². The number of benzene rings is 1. The Hall–Kier alpha value is -3.48. The molecule has 0 fully saturated rings. The topological polar surface area (TPSA) is 111 Å². The minimum atomic E-state index is -0.559. The summed E-state index contributed by atoms with van der Waals surface area (Å²) < 4.78 is 6.50. The van der Waals surface area contributed by atoms with E-state index in [0.717, 1.165) is 27.3 Å². The van der Waals surface area contributed by atoms with E-state index < -0.39 is 5.97 Å². The summed E-state index contributed by atoms with van der Waals surface area (Å²) in [7, 11) is 0. The molecule has 1 aromatic carbocycles. The van der Waals surface area contributed by atoms with E-state index in [0.29, 0.717) is 15.8 Å². The lowest BCUT2D eigenvalue weighted by atomic mass is 10.1. The van der Waals surface area contributed by atoms with Gasteiger partial charge in [-0.3, -0.25) is 9.36 Å². The first-order valence-corrected chi connectivity index (χ1v) is 11.1. The average Bonchev–Trinajstić information content (AvgIpc) is 3.27. The molecule has 0 aliphatic carbocycles. The minimum Gasteiger partial charge on any atom is -0.462 e. The molecule has 0 unspecified atom stereocenters. The van der Waals surface area contributed by atoms with Gasteiger partial charge in [-0.05, 0) is 25.0 Å². The SMILES string of the molecule is CCOC(=O)c1sc(N)c(C#N)c1Cn1cnc2sc(-c3ccccc3)c(C)c2c1=O. The number of carbonyl (C=O) groups excluding carboxylic acids is 1. The molecule has 4 rings (SSSR count). The first kappa shape index (κ1) is 20.8. The highest BCUT2D eigenvalue weighted by Gasteiger charge is 2.24. The van der Waals surface area contributed by atoms with Crippen molar-refractivity contribution in [2.45, 2.75) is 20.4 Å². The number of thiophene rings is 2. The van der Waals surface area contributed by atoms with Crippen LogP contribution < -0.4 is 11.3 Å². The maximum absolute atomic E-state index is 13.3. The van der Waals surface area contributed by atoms with Crippen LogP contribution in [0, 0.1) is 18.3 Å². The highest BCUT2D eigenvalue weighted by Crippen LogP contribution is 2.36. The second kappa shape index (κ2) is 8.34. The molecule has 0 saturated heterocycles. The van der Waals surface area contributed by atoms with Crippen LogP contribution in [0.1, 0.15) is 33.3 Å². The highest BCUT2D eigenvalue weighted by atomic mass is 32.1. The number of hydrogen-bond acceptors (Lipinski definition) is 8. The molecule has 0 aliphatic heterocycles. The maximum Gasteiger partial charge on any atom is 0.348 e. The van der Waals surface area contributed by atoms with E-state index in [2.05, 4.69) is 4.98 Å². The molecule has 0 bridgehead atoms. The Balaban J connectivity index is 1.83. The van der Waals surface area contributed by atoms with Crippen molar-refractivity contribution in [1.29, 1.82) is 5.26 Å². The van der Waals surface area contributed by atoms with Crippen molar-refractivity contribution in [2.24, 2.45) is 0 Å². The van der Waals surface area contributed by atoms with Gasteiger partial charge < -0.3 is 10.5 Å². The molecule has 2 N–H and O–H groups in total. The number of carbonyl (C=O) groups is 1. The average molecular weight is 451 g/mol. The monoisotopic (exact) mass is 450 g/mol. The molecule has 0 amide bonds. The summed E-state index contributed by atoms with van der Waals surface area (Å²) in [5.74, 6) is -0.559. The van der Waals surface area contributed by atoms with E-state index in [-0.39, 0.29) is 34.2 Å². The number of aryl methyl sites for hydroxylation is 1. The highest BCUT2D eigenvalue weighted by molar-refractivity contribution is 7.22. The van der Waals surface area contributed by atoms with E-state index in [1.807, 2.05) is 43.3 Å². The van der Waals surface area contributed by atoms with Crippen LogP contribution in [0.25, 0.3) is 20.7 Å². The van der Waals surface area contributed by atoms with E-state index in [1.165, 1.54) is 22.2 Å². The number of hydrogen-bond donors (Lipinski definition) is 1. The third-order valence-electron chi connectivity index (χ3n) is 4.89. The maximum atomic E-state index is 13.3. The molecule has 156 valence electrons. The normalized spacial score (nSPS) is 10.9. The molecule has 0 aliphatic rings. The molecule has 0 saturated carbocycles. The van der Waals surface area contributed by atoms with Crippen molar-refractivity contribution in [3.05, 3.63) is 68.6 Å². The number of rotatable bonds is 5. The summed E-state index contributed by atoms with van der Waals surface area (Å²) in [6.07, 6.45) is 1.44. The standard InChI is InChI=1S/C22H18N4O3S2/c1-3-29-22(28)18-15(14(9-23)19(24)30-18)10-26-11-25-20-16(21(26)27)12(2)17(31-20)13-7-5-4-6-8-13/h4-8,11H,3,10,24H2,1-2H3. The van der Waals surface area contributed by atoms with Crippen molar-refractivity contribution in [3.8, 4) is 16.5 Å². The summed E-state index contributed by atoms with van der Waals surface area (Å²) in [5, 5.41) is 10.3.